The van der Waals surface area contributed by atoms with Gasteiger partial charge in [-0.3, -0.25) is 14.4 Å². The lowest BCUT2D eigenvalue weighted by Gasteiger charge is -2.19. The first-order valence-corrected chi connectivity index (χ1v) is 5.69. The van der Waals surface area contributed by atoms with E-state index in [1.165, 1.54) is 0 Å². The van der Waals surface area contributed by atoms with Crippen molar-refractivity contribution in [1.29, 1.82) is 0 Å². The summed E-state index contributed by atoms with van der Waals surface area (Å²) in [4.78, 5) is 13.5. The Morgan fingerprint density at radius 3 is 2.94 bits per heavy atom. The first-order valence-electron chi connectivity index (χ1n) is 5.69. The third-order valence-corrected chi connectivity index (χ3v) is 2.88. The lowest BCUT2D eigenvalue weighted by atomic mass is 10.2. The average Bonchev–Trinajstić information content (AvgIpc) is 2.82. The molecule has 1 aliphatic heterocycles. The van der Waals surface area contributed by atoms with E-state index in [1.54, 1.807) is 0 Å². The van der Waals surface area contributed by atoms with Crippen LogP contribution in [-0.2, 0) is 4.79 Å². The molecule has 1 aromatic heterocycles. The Balaban J connectivity index is 2.19. The van der Waals surface area contributed by atoms with Crippen LogP contribution in [0, 0.1) is 0 Å². The molecule has 0 saturated carbocycles. The van der Waals surface area contributed by atoms with E-state index in [-0.39, 0.29) is 12.1 Å². The maximum absolute atomic E-state index is 11.4. The summed E-state index contributed by atoms with van der Waals surface area (Å²) in [5.74, 6) is 0.0872. The highest BCUT2D eigenvalue weighted by molar-refractivity contribution is 5.80. The van der Waals surface area contributed by atoms with Gasteiger partial charge in [0.15, 0.2) is 0 Å². The zero-order valence-electron chi connectivity index (χ0n) is 9.97. The van der Waals surface area contributed by atoms with Crippen LogP contribution in [0.2, 0.25) is 0 Å². The van der Waals surface area contributed by atoms with Gasteiger partial charge in [0.2, 0.25) is 5.91 Å². The lowest BCUT2D eigenvalue weighted by molar-refractivity contribution is -0.118. The van der Waals surface area contributed by atoms with Gasteiger partial charge in [0.05, 0.1) is 12.7 Å². The second-order valence-electron chi connectivity index (χ2n) is 4.38. The van der Waals surface area contributed by atoms with Crippen molar-refractivity contribution in [3.8, 4) is 0 Å². The maximum atomic E-state index is 11.4. The fourth-order valence-electron chi connectivity index (χ4n) is 1.93. The van der Waals surface area contributed by atoms with Crippen LogP contribution in [0.3, 0.4) is 0 Å². The molecule has 0 spiro atoms. The van der Waals surface area contributed by atoms with Crippen LogP contribution in [-0.4, -0.2) is 33.7 Å². The van der Waals surface area contributed by atoms with Crippen LogP contribution in [0.4, 0.5) is 0 Å². The minimum atomic E-state index is -0.00926. The van der Waals surface area contributed by atoms with E-state index in [4.69, 9.17) is 0 Å². The Labute approximate surface area is 95.4 Å². The fourth-order valence-corrected chi connectivity index (χ4v) is 1.93. The maximum Gasteiger partial charge on any atom is 0.235 e. The van der Waals surface area contributed by atoms with Gasteiger partial charge >= 0.3 is 0 Å². The molecule has 0 bridgehead atoms. The molecule has 1 unspecified atom stereocenters. The van der Waals surface area contributed by atoms with Crippen molar-refractivity contribution in [3.05, 3.63) is 18.0 Å². The highest BCUT2D eigenvalue weighted by Crippen LogP contribution is 2.21. The largest absolute Gasteiger partial charge is 0.335 e. The Bertz CT molecular complexity index is 385. The summed E-state index contributed by atoms with van der Waals surface area (Å²) in [6.45, 7) is 7.56. The summed E-state index contributed by atoms with van der Waals surface area (Å²) in [7, 11) is 0. The first-order chi connectivity index (χ1) is 7.61. The van der Waals surface area contributed by atoms with Crippen molar-refractivity contribution >= 4 is 5.91 Å². The van der Waals surface area contributed by atoms with Gasteiger partial charge in [0.25, 0.3) is 0 Å². The van der Waals surface area contributed by atoms with E-state index in [1.807, 2.05) is 17.1 Å². The lowest BCUT2D eigenvalue weighted by Crippen LogP contribution is -2.27. The third-order valence-electron chi connectivity index (χ3n) is 2.88. The fraction of sp³-hybridized carbons (Fsp3) is 0.636. The monoisotopic (exact) mass is 222 g/mol. The van der Waals surface area contributed by atoms with Crippen molar-refractivity contribution in [3.63, 3.8) is 0 Å². The number of carbonyl (C=O) groups excluding carboxylic acids is 1. The average molecular weight is 222 g/mol. The summed E-state index contributed by atoms with van der Waals surface area (Å²) < 4.78 is 1.91. The SMILES string of the molecule is CCN1CC(=O)NC1c1cnn(C(C)C)c1. The van der Waals surface area contributed by atoms with Crippen molar-refractivity contribution in [2.45, 2.75) is 33.0 Å². The molecule has 0 radical (unpaired) electrons. The molecule has 0 aliphatic carbocycles. The van der Waals surface area contributed by atoms with E-state index in [9.17, 15) is 4.79 Å². The number of aromatic nitrogens is 2. The van der Waals surface area contributed by atoms with Crippen molar-refractivity contribution in [2.75, 3.05) is 13.1 Å². The normalized spacial score (nSPS) is 21.8. The molecule has 1 fully saturated rings. The summed E-state index contributed by atoms with van der Waals surface area (Å²) in [6.07, 6.45) is 3.83. The second kappa shape index (κ2) is 4.25. The minimum absolute atomic E-state index is 0.00926. The van der Waals surface area contributed by atoms with Gasteiger partial charge in [-0.25, -0.2) is 0 Å². The molecule has 1 N–H and O–H groups in total. The molecule has 1 saturated heterocycles. The molecule has 0 aromatic carbocycles. The summed E-state index contributed by atoms with van der Waals surface area (Å²) in [6, 6.07) is 0.348. The van der Waals surface area contributed by atoms with Crippen molar-refractivity contribution in [2.24, 2.45) is 0 Å². The third kappa shape index (κ3) is 1.95. The minimum Gasteiger partial charge on any atom is -0.335 e. The zero-order valence-corrected chi connectivity index (χ0v) is 9.97. The van der Waals surface area contributed by atoms with Crippen LogP contribution in [0.25, 0.3) is 0 Å². The quantitative estimate of drug-likeness (QED) is 0.827. The Morgan fingerprint density at radius 1 is 1.62 bits per heavy atom. The molecule has 88 valence electrons. The van der Waals surface area contributed by atoms with Gasteiger partial charge in [-0.1, -0.05) is 6.92 Å². The number of amides is 1. The van der Waals surface area contributed by atoms with Gasteiger partial charge in [-0.2, -0.15) is 5.10 Å². The number of hydrogen-bond acceptors (Lipinski definition) is 3. The number of carbonyl (C=O) groups is 1. The van der Waals surface area contributed by atoms with E-state index in [2.05, 4.69) is 36.1 Å². The number of likely N-dealkylation sites (N-methyl/N-ethyl adjacent to an activating group) is 1. The van der Waals surface area contributed by atoms with Crippen LogP contribution in [0.15, 0.2) is 12.4 Å². The van der Waals surface area contributed by atoms with Crippen LogP contribution in [0.5, 0.6) is 0 Å². The molecule has 1 amide bonds. The second-order valence-corrected chi connectivity index (χ2v) is 4.38. The summed E-state index contributed by atoms with van der Waals surface area (Å²) in [5, 5.41) is 7.25. The van der Waals surface area contributed by atoms with Gasteiger partial charge in [0, 0.05) is 17.8 Å². The van der Waals surface area contributed by atoms with E-state index < -0.39 is 0 Å². The smallest absolute Gasteiger partial charge is 0.235 e. The molecule has 1 aromatic rings. The predicted octanol–water partition coefficient (Wildman–Crippen LogP) is 0.914. The summed E-state index contributed by atoms with van der Waals surface area (Å²) >= 11 is 0. The van der Waals surface area contributed by atoms with Crippen LogP contribution < -0.4 is 5.32 Å². The molecule has 2 heterocycles. The predicted molar refractivity (Wildman–Crippen MR) is 60.7 cm³/mol. The Kier molecular flexibility index (Phi) is 2.96. The standard InChI is InChI=1S/C11H18N4O/c1-4-14-7-10(16)13-11(14)9-5-12-15(6-9)8(2)3/h5-6,8,11H,4,7H2,1-3H3,(H,13,16). The molecular formula is C11H18N4O. The van der Waals surface area contributed by atoms with Crippen molar-refractivity contribution < 1.29 is 4.79 Å². The van der Waals surface area contributed by atoms with Gasteiger partial charge in [-0.15, -0.1) is 0 Å². The van der Waals surface area contributed by atoms with Gasteiger partial charge in [0.1, 0.15) is 6.17 Å². The van der Waals surface area contributed by atoms with E-state index in [0.717, 1.165) is 12.1 Å². The molecule has 5 nitrogen and oxygen atoms in total. The molecule has 1 aliphatic rings. The van der Waals surface area contributed by atoms with Gasteiger partial charge in [-0.05, 0) is 20.4 Å². The van der Waals surface area contributed by atoms with E-state index >= 15 is 0 Å². The first kappa shape index (κ1) is 11.1. The number of rotatable bonds is 3. The van der Waals surface area contributed by atoms with Gasteiger partial charge < -0.3 is 5.32 Å². The molecule has 16 heavy (non-hydrogen) atoms. The topological polar surface area (TPSA) is 50.2 Å². The highest BCUT2D eigenvalue weighted by Gasteiger charge is 2.30. The highest BCUT2D eigenvalue weighted by atomic mass is 16.2. The molecule has 5 heteroatoms. The van der Waals surface area contributed by atoms with Crippen LogP contribution in [0.1, 0.15) is 38.5 Å². The summed E-state index contributed by atoms with van der Waals surface area (Å²) in [5.41, 5.74) is 1.06. The number of hydrogen-bond donors (Lipinski definition) is 1. The van der Waals surface area contributed by atoms with E-state index in [0.29, 0.717) is 12.6 Å². The molecular weight excluding hydrogens is 204 g/mol. The van der Waals surface area contributed by atoms with Crippen molar-refractivity contribution in [1.82, 2.24) is 20.0 Å². The Hall–Kier alpha value is -1.36. The molecule has 2 rings (SSSR count). The Morgan fingerprint density at radius 2 is 2.38 bits per heavy atom. The molecule has 1 atom stereocenters. The van der Waals surface area contributed by atoms with Crippen LogP contribution >= 0.6 is 0 Å². The zero-order chi connectivity index (χ0) is 11.7. The number of nitrogens with zero attached hydrogens (tertiary/aromatic N) is 3. The number of nitrogens with one attached hydrogen (secondary N) is 1.